The Labute approximate surface area is 139 Å². The molecule has 22 heavy (non-hydrogen) atoms. The third-order valence-electron chi connectivity index (χ3n) is 4.62. The van der Waals surface area contributed by atoms with Gasteiger partial charge in [0.2, 0.25) is 0 Å². The van der Waals surface area contributed by atoms with Gasteiger partial charge in [0, 0.05) is 18.3 Å². The minimum atomic E-state index is 0.0993. The summed E-state index contributed by atoms with van der Waals surface area (Å²) in [4.78, 5) is 19.8. The van der Waals surface area contributed by atoms with E-state index in [0.717, 1.165) is 34.2 Å². The highest BCUT2D eigenvalue weighted by molar-refractivity contribution is 9.10. The van der Waals surface area contributed by atoms with E-state index in [1.807, 2.05) is 35.4 Å². The van der Waals surface area contributed by atoms with Crippen LogP contribution in [0.3, 0.4) is 0 Å². The van der Waals surface area contributed by atoms with Gasteiger partial charge in [0.1, 0.15) is 5.69 Å². The van der Waals surface area contributed by atoms with E-state index in [9.17, 15) is 4.79 Å². The molecule has 0 saturated carbocycles. The van der Waals surface area contributed by atoms with Crippen LogP contribution in [0.2, 0.25) is 0 Å². The second kappa shape index (κ2) is 5.69. The molecule has 3 rings (SSSR count). The third kappa shape index (κ3) is 2.45. The van der Waals surface area contributed by atoms with Crippen LogP contribution in [0.5, 0.6) is 0 Å². The Morgan fingerprint density at radius 1 is 1.27 bits per heavy atom. The Bertz CT molecular complexity index is 727. The number of carbonyl (C=O) groups is 1. The molecule has 1 fully saturated rings. The fraction of sp³-hybridized carbons (Fsp3) is 0.529. The van der Waals surface area contributed by atoms with Crippen LogP contribution in [0, 0.1) is 13.8 Å². The van der Waals surface area contributed by atoms with E-state index in [1.54, 1.807) is 0 Å². The number of imidazole rings is 1. The predicted molar refractivity (Wildman–Crippen MR) is 91.3 cm³/mol. The van der Waals surface area contributed by atoms with Crippen LogP contribution < -0.4 is 0 Å². The molecule has 2 aromatic rings. The molecule has 0 aromatic carbocycles. The normalized spacial score (nSPS) is 22.3. The summed E-state index contributed by atoms with van der Waals surface area (Å²) in [5, 5.41) is 0. The topological polar surface area (TPSA) is 37.6 Å². The molecule has 4 nitrogen and oxygen atoms in total. The highest BCUT2D eigenvalue weighted by atomic mass is 79.9. The molecule has 0 N–H and O–H groups in total. The number of piperidine rings is 1. The molecule has 0 aliphatic carbocycles. The van der Waals surface area contributed by atoms with Crippen molar-refractivity contribution >= 4 is 27.5 Å². The van der Waals surface area contributed by atoms with Gasteiger partial charge in [-0.05, 0) is 74.5 Å². The first kappa shape index (κ1) is 15.5. The van der Waals surface area contributed by atoms with E-state index in [4.69, 9.17) is 0 Å². The lowest BCUT2D eigenvalue weighted by Gasteiger charge is -2.39. The number of likely N-dealkylation sites (tertiary alicyclic amines) is 1. The molecular weight excluding hydrogens is 342 g/mol. The van der Waals surface area contributed by atoms with Gasteiger partial charge in [0.15, 0.2) is 5.65 Å². The van der Waals surface area contributed by atoms with E-state index in [-0.39, 0.29) is 18.0 Å². The molecule has 2 atom stereocenters. The first-order valence-corrected chi connectivity index (χ1v) is 8.67. The average molecular weight is 364 g/mol. The largest absolute Gasteiger partial charge is 0.332 e. The first-order valence-electron chi connectivity index (χ1n) is 7.87. The zero-order valence-corrected chi connectivity index (χ0v) is 15.1. The monoisotopic (exact) mass is 363 g/mol. The molecule has 0 spiro atoms. The molecule has 0 radical (unpaired) electrons. The quantitative estimate of drug-likeness (QED) is 0.764. The Hall–Kier alpha value is -1.36. The number of hydrogen-bond donors (Lipinski definition) is 0. The standard InChI is InChI=1S/C17H22BrN3O/c1-10-8-14(18)16-19-13(4)15(20(16)9-10)17(22)21-11(2)6-5-7-12(21)3/h8-9,11-12H,5-7H2,1-4H3. The Morgan fingerprint density at radius 3 is 2.55 bits per heavy atom. The van der Waals surface area contributed by atoms with Crippen LogP contribution in [0.25, 0.3) is 5.65 Å². The minimum Gasteiger partial charge on any atom is -0.332 e. The van der Waals surface area contributed by atoms with Crippen molar-refractivity contribution in [1.82, 2.24) is 14.3 Å². The van der Waals surface area contributed by atoms with Gasteiger partial charge >= 0.3 is 0 Å². The first-order chi connectivity index (χ1) is 10.4. The smallest absolute Gasteiger partial charge is 0.273 e. The van der Waals surface area contributed by atoms with Crippen molar-refractivity contribution in [3.63, 3.8) is 0 Å². The molecule has 2 aromatic heterocycles. The van der Waals surface area contributed by atoms with E-state index >= 15 is 0 Å². The third-order valence-corrected chi connectivity index (χ3v) is 5.20. The van der Waals surface area contributed by atoms with E-state index < -0.39 is 0 Å². The summed E-state index contributed by atoms with van der Waals surface area (Å²) < 4.78 is 2.86. The fourth-order valence-corrected chi connectivity index (χ4v) is 4.19. The molecule has 5 heteroatoms. The molecule has 1 amide bonds. The summed E-state index contributed by atoms with van der Waals surface area (Å²) in [6.45, 7) is 8.24. The molecule has 1 aliphatic heterocycles. The lowest BCUT2D eigenvalue weighted by molar-refractivity contribution is 0.0502. The van der Waals surface area contributed by atoms with Crippen LogP contribution in [0.1, 0.15) is 54.9 Å². The molecular formula is C17H22BrN3O. The summed E-state index contributed by atoms with van der Waals surface area (Å²) in [7, 11) is 0. The molecule has 2 unspecified atom stereocenters. The van der Waals surface area contributed by atoms with Crippen molar-refractivity contribution in [2.24, 2.45) is 0 Å². The lowest BCUT2D eigenvalue weighted by atomic mass is 9.97. The number of hydrogen-bond acceptors (Lipinski definition) is 2. The number of rotatable bonds is 1. The number of aromatic nitrogens is 2. The van der Waals surface area contributed by atoms with Gasteiger partial charge in [-0.3, -0.25) is 9.20 Å². The van der Waals surface area contributed by atoms with Gasteiger partial charge < -0.3 is 4.90 Å². The van der Waals surface area contributed by atoms with Crippen molar-refractivity contribution in [3.8, 4) is 0 Å². The van der Waals surface area contributed by atoms with Gasteiger partial charge in [-0.2, -0.15) is 0 Å². The summed E-state index contributed by atoms with van der Waals surface area (Å²) in [5.74, 6) is 0.0993. The van der Waals surface area contributed by atoms with Crippen LogP contribution in [0.15, 0.2) is 16.7 Å². The van der Waals surface area contributed by atoms with Crippen molar-refractivity contribution in [3.05, 3.63) is 33.7 Å². The van der Waals surface area contributed by atoms with Crippen molar-refractivity contribution in [1.29, 1.82) is 0 Å². The Morgan fingerprint density at radius 2 is 1.91 bits per heavy atom. The summed E-state index contributed by atoms with van der Waals surface area (Å²) in [6, 6.07) is 2.60. The van der Waals surface area contributed by atoms with Gasteiger partial charge in [-0.1, -0.05) is 0 Å². The van der Waals surface area contributed by atoms with Gasteiger partial charge in [0.25, 0.3) is 5.91 Å². The molecule has 0 bridgehead atoms. The van der Waals surface area contributed by atoms with Crippen molar-refractivity contribution in [2.75, 3.05) is 0 Å². The van der Waals surface area contributed by atoms with Crippen LogP contribution in [0.4, 0.5) is 0 Å². The van der Waals surface area contributed by atoms with E-state index in [2.05, 4.69) is 34.8 Å². The number of fused-ring (bicyclic) bond motifs is 1. The van der Waals surface area contributed by atoms with Gasteiger partial charge in [-0.15, -0.1) is 0 Å². The average Bonchev–Trinajstić information content (AvgIpc) is 2.75. The molecule has 118 valence electrons. The van der Waals surface area contributed by atoms with Crippen LogP contribution in [-0.4, -0.2) is 32.3 Å². The van der Waals surface area contributed by atoms with Gasteiger partial charge in [0.05, 0.1) is 10.2 Å². The highest BCUT2D eigenvalue weighted by Gasteiger charge is 2.32. The highest BCUT2D eigenvalue weighted by Crippen LogP contribution is 2.28. The Kier molecular flexibility index (Phi) is 4.02. The number of aryl methyl sites for hydroxylation is 2. The zero-order valence-electron chi connectivity index (χ0n) is 13.6. The maximum atomic E-state index is 13.2. The van der Waals surface area contributed by atoms with E-state index in [1.165, 1.54) is 6.42 Å². The van der Waals surface area contributed by atoms with Crippen molar-refractivity contribution < 1.29 is 4.79 Å². The molecule has 1 saturated heterocycles. The second-order valence-corrected chi connectivity index (χ2v) is 7.30. The van der Waals surface area contributed by atoms with E-state index in [0.29, 0.717) is 5.69 Å². The fourth-order valence-electron chi connectivity index (χ4n) is 3.55. The lowest BCUT2D eigenvalue weighted by Crippen LogP contribution is -2.48. The SMILES string of the molecule is Cc1cc(Br)c2nc(C)c(C(=O)N3C(C)CCCC3C)n2c1. The maximum Gasteiger partial charge on any atom is 0.273 e. The predicted octanol–water partition coefficient (Wildman–Crippen LogP) is 4.12. The maximum absolute atomic E-state index is 13.2. The van der Waals surface area contributed by atoms with Gasteiger partial charge in [-0.25, -0.2) is 4.98 Å². The molecule has 1 aliphatic rings. The van der Waals surface area contributed by atoms with Crippen molar-refractivity contribution in [2.45, 2.75) is 59.0 Å². The van der Waals surface area contributed by atoms with Crippen LogP contribution in [-0.2, 0) is 0 Å². The minimum absolute atomic E-state index is 0.0993. The zero-order chi connectivity index (χ0) is 16.0. The summed E-state index contributed by atoms with van der Waals surface area (Å²) >= 11 is 3.56. The number of nitrogens with zero attached hydrogens (tertiary/aromatic N) is 3. The number of halogens is 1. The Balaban J connectivity index is 2.13. The summed E-state index contributed by atoms with van der Waals surface area (Å²) in [6.07, 6.45) is 5.35. The second-order valence-electron chi connectivity index (χ2n) is 6.45. The summed E-state index contributed by atoms with van der Waals surface area (Å²) in [5.41, 5.74) is 3.40. The van der Waals surface area contributed by atoms with Crippen LogP contribution >= 0.6 is 15.9 Å². The number of pyridine rings is 1. The number of carbonyl (C=O) groups excluding carboxylic acids is 1. The number of amides is 1. The molecule has 3 heterocycles.